The maximum Gasteiger partial charge on any atom is 0.493 e. The zero-order valence-corrected chi connectivity index (χ0v) is 21.3. The van der Waals surface area contributed by atoms with Crippen molar-refractivity contribution < 1.29 is 36.7 Å². The van der Waals surface area contributed by atoms with Crippen molar-refractivity contribution in [3.63, 3.8) is 0 Å². The lowest BCUT2D eigenvalue weighted by molar-refractivity contribution is -0.199. The van der Waals surface area contributed by atoms with E-state index in [1.807, 2.05) is 30.3 Å². The summed E-state index contributed by atoms with van der Waals surface area (Å²) < 4.78 is 59.7. The van der Waals surface area contributed by atoms with Gasteiger partial charge in [0.15, 0.2) is 0 Å². The van der Waals surface area contributed by atoms with Gasteiger partial charge in [0.05, 0.1) is 34.2 Å². The van der Waals surface area contributed by atoms with Gasteiger partial charge in [0, 0.05) is 43.5 Å². The lowest BCUT2D eigenvalue weighted by atomic mass is 10.1. The summed E-state index contributed by atoms with van der Waals surface area (Å²) in [5, 5.41) is 2.63. The second-order valence-corrected chi connectivity index (χ2v) is 11.5. The van der Waals surface area contributed by atoms with Crippen LogP contribution in [0, 0.1) is 0 Å². The summed E-state index contributed by atoms with van der Waals surface area (Å²) in [5.41, 5.74) is 3.09. The number of halogens is 3. The van der Waals surface area contributed by atoms with Gasteiger partial charge < -0.3 is 15.1 Å². The van der Waals surface area contributed by atoms with Gasteiger partial charge >= 0.3 is 12.1 Å². The van der Waals surface area contributed by atoms with E-state index in [0.717, 1.165) is 16.0 Å². The van der Waals surface area contributed by atoms with Gasteiger partial charge in [-0.1, -0.05) is 24.3 Å². The molecule has 0 unspecified atom stereocenters. The summed E-state index contributed by atoms with van der Waals surface area (Å²) in [4.78, 5) is 35.2. The van der Waals surface area contributed by atoms with E-state index in [-0.39, 0.29) is 29.9 Å². The first-order valence-electron chi connectivity index (χ1n) is 12.1. The molecular weight excluding hydrogens is 537 g/mol. The third-order valence-electron chi connectivity index (χ3n) is 6.52. The van der Waals surface area contributed by atoms with Gasteiger partial charge in [-0.15, -0.1) is 0 Å². The highest BCUT2D eigenvalue weighted by Gasteiger charge is 2.43. The van der Waals surface area contributed by atoms with Gasteiger partial charge in [-0.25, -0.2) is 4.79 Å². The van der Waals surface area contributed by atoms with Crippen LogP contribution >= 0.6 is 10.6 Å². The smallest absolute Gasteiger partial charge is 0.368 e. The van der Waals surface area contributed by atoms with Crippen LogP contribution in [0.25, 0.3) is 23.4 Å². The summed E-state index contributed by atoms with van der Waals surface area (Å²) in [5.74, 6) is -2.26. The van der Waals surface area contributed by atoms with Crippen molar-refractivity contribution in [2.24, 2.45) is 0 Å². The molecule has 0 radical (unpaired) electrons. The number of carbonyl (C=O) groups is 2. The van der Waals surface area contributed by atoms with Crippen LogP contribution in [0.3, 0.4) is 0 Å². The molecule has 13 heteroatoms. The summed E-state index contributed by atoms with van der Waals surface area (Å²) >= 11 is 0. The van der Waals surface area contributed by atoms with Gasteiger partial charge in [-0.2, -0.15) is 28.5 Å². The summed E-state index contributed by atoms with van der Waals surface area (Å²) in [6.07, 6.45) is 0.0259. The Balaban J connectivity index is 1.46. The minimum absolute atomic E-state index is 0.111. The predicted molar refractivity (Wildman–Crippen MR) is 142 cm³/mol. The van der Waals surface area contributed by atoms with Crippen molar-refractivity contribution in [1.82, 2.24) is 15.0 Å². The van der Waals surface area contributed by atoms with Crippen molar-refractivity contribution in [1.29, 1.82) is 0 Å². The monoisotopic (exact) mass is 562 g/mol. The zero-order valence-electron chi connectivity index (χ0n) is 20.5. The van der Waals surface area contributed by atoms with E-state index in [4.69, 9.17) is 4.84 Å². The average Bonchev–Trinajstić information content (AvgIpc) is 3.27. The van der Waals surface area contributed by atoms with E-state index < -0.39 is 28.6 Å². The highest BCUT2D eigenvalue weighted by Crippen LogP contribution is 2.41. The third-order valence-corrected chi connectivity index (χ3v) is 8.19. The fourth-order valence-corrected chi connectivity index (χ4v) is 5.78. The van der Waals surface area contributed by atoms with Crippen LogP contribution in [0.1, 0.15) is 27.3 Å². The molecule has 2 aromatic heterocycles. The molecule has 0 aliphatic carbocycles. The van der Waals surface area contributed by atoms with Crippen molar-refractivity contribution in [3.05, 3.63) is 71.2 Å². The maximum absolute atomic E-state index is 13.0. The Bertz CT molecular complexity index is 1440. The lowest BCUT2D eigenvalue weighted by Gasteiger charge is -2.42. The van der Waals surface area contributed by atoms with E-state index in [1.165, 1.54) is 12.3 Å². The number of para-hydroxylation sites is 1. The molecule has 1 fully saturated rings. The van der Waals surface area contributed by atoms with Crippen molar-refractivity contribution in [2.45, 2.75) is 12.6 Å². The minimum Gasteiger partial charge on any atom is -0.368 e. The summed E-state index contributed by atoms with van der Waals surface area (Å²) in [7, 11) is -2.54. The molecule has 3 aromatic rings. The molecule has 5 rings (SSSR count). The van der Waals surface area contributed by atoms with Crippen LogP contribution in [0.15, 0.2) is 48.7 Å². The lowest BCUT2D eigenvalue weighted by Crippen LogP contribution is -2.38. The Morgan fingerprint density at radius 2 is 1.85 bits per heavy atom. The minimum atomic E-state index is -5.21. The third kappa shape index (κ3) is 5.79. The standard InChI is InChI=1S/C26H25F3N4O5S/c27-26(28,29)25(35)38-33-22-8-10-31-24(34)20(22)16-23(33)18-7-9-30-19(15-18)6-5-17-3-1-2-4-21(17)32-11-13-39(36,37)14-12-32/h1-7,9,15-16,36-37H,8,10-14H2,(H,31,34). The largest absolute Gasteiger partial charge is 0.493 e. The van der Waals surface area contributed by atoms with Crippen LogP contribution in [0.2, 0.25) is 0 Å². The molecule has 0 spiro atoms. The van der Waals surface area contributed by atoms with Crippen molar-refractivity contribution in [3.8, 4) is 11.3 Å². The van der Waals surface area contributed by atoms with Gasteiger partial charge in [0.25, 0.3) is 5.91 Å². The number of nitrogens with zero attached hydrogens (tertiary/aromatic N) is 3. The quantitative estimate of drug-likeness (QED) is 0.429. The number of rotatable bonds is 5. The first kappa shape index (κ1) is 26.8. The van der Waals surface area contributed by atoms with Crippen molar-refractivity contribution >= 4 is 40.3 Å². The Hall–Kier alpha value is -3.81. The SMILES string of the molecule is O=C1NCCc2c1cc(-c1ccnc(C=Cc3ccccc3N3CCS(O)(O)CC3)c1)n2OC(=O)C(F)(F)F. The van der Waals surface area contributed by atoms with Gasteiger partial charge in [0.2, 0.25) is 0 Å². The van der Waals surface area contributed by atoms with Gasteiger partial charge in [-0.05, 0) is 35.9 Å². The molecular formula is C26H25F3N4O5S. The molecule has 1 amide bonds. The zero-order chi connectivity index (χ0) is 27.8. The molecule has 206 valence electrons. The van der Waals surface area contributed by atoms with Crippen LogP contribution in [0.4, 0.5) is 18.9 Å². The Morgan fingerprint density at radius 1 is 1.10 bits per heavy atom. The first-order valence-corrected chi connectivity index (χ1v) is 13.9. The van der Waals surface area contributed by atoms with E-state index in [2.05, 4.69) is 15.2 Å². The fourth-order valence-electron chi connectivity index (χ4n) is 4.55. The molecule has 1 aromatic carbocycles. The van der Waals surface area contributed by atoms with Crippen LogP contribution < -0.4 is 15.1 Å². The van der Waals surface area contributed by atoms with E-state index >= 15 is 0 Å². The van der Waals surface area contributed by atoms with E-state index in [9.17, 15) is 31.9 Å². The Labute approximate surface area is 223 Å². The number of nitrogens with one attached hydrogen (secondary N) is 1. The van der Waals surface area contributed by atoms with Crippen LogP contribution in [-0.4, -0.2) is 68.0 Å². The molecule has 3 N–H and O–H groups in total. The average molecular weight is 563 g/mol. The number of carbonyl (C=O) groups excluding carboxylic acids is 2. The number of anilines is 1. The first-order chi connectivity index (χ1) is 18.5. The molecule has 1 saturated heterocycles. The molecule has 0 atom stereocenters. The topological polar surface area (TPSA) is 117 Å². The number of pyridine rings is 1. The molecule has 2 aliphatic heterocycles. The Kier molecular flexibility index (Phi) is 7.14. The molecule has 0 saturated carbocycles. The molecule has 39 heavy (non-hydrogen) atoms. The highest BCUT2D eigenvalue weighted by molar-refractivity contribution is 8.24. The molecule has 9 nitrogen and oxygen atoms in total. The van der Waals surface area contributed by atoms with Crippen molar-refractivity contribution in [2.75, 3.05) is 36.0 Å². The number of fused-ring (bicyclic) bond motifs is 1. The number of hydrogen-bond acceptors (Lipinski definition) is 7. The number of hydrogen-bond donors (Lipinski definition) is 3. The second kappa shape index (κ2) is 10.4. The number of alkyl halides is 3. The second-order valence-electron chi connectivity index (χ2n) is 9.13. The summed E-state index contributed by atoms with van der Waals surface area (Å²) in [6.45, 7) is 1.21. The maximum atomic E-state index is 13.0. The van der Waals surface area contributed by atoms with E-state index in [0.29, 0.717) is 35.9 Å². The van der Waals surface area contributed by atoms with E-state index in [1.54, 1.807) is 18.2 Å². The van der Waals surface area contributed by atoms with Crippen LogP contribution in [0.5, 0.6) is 0 Å². The predicted octanol–water partition coefficient (Wildman–Crippen LogP) is 4.09. The number of aromatic nitrogens is 2. The fraction of sp³-hybridized carbons (Fsp3) is 0.269. The molecule has 4 heterocycles. The van der Waals surface area contributed by atoms with Crippen LogP contribution in [-0.2, 0) is 11.2 Å². The molecule has 0 bridgehead atoms. The van der Waals surface area contributed by atoms with Gasteiger partial charge in [-0.3, -0.25) is 18.9 Å². The Morgan fingerprint density at radius 3 is 2.59 bits per heavy atom. The number of amides is 1. The summed E-state index contributed by atoms with van der Waals surface area (Å²) in [6, 6.07) is 12.2. The van der Waals surface area contributed by atoms with Gasteiger partial charge in [0.1, 0.15) is 0 Å². The highest BCUT2D eigenvalue weighted by atomic mass is 32.3. The number of benzene rings is 1. The molecule has 2 aliphatic rings. The normalized spacial score (nSPS) is 18.0.